The predicted molar refractivity (Wildman–Crippen MR) is 104 cm³/mol. The standard InChI is InChI=1S/C20H33N5O2/c1-16-17(2)25(15-21-16)13-19(27)23-9-7-20(8-10-23)6-5-18(26)24(14-20)12-11-22(3)4/h15H,5-14H2,1-4H3. The summed E-state index contributed by atoms with van der Waals surface area (Å²) in [5.41, 5.74) is 2.22. The fourth-order valence-corrected chi connectivity index (χ4v) is 4.21. The normalized spacial score (nSPS) is 20.0. The molecule has 1 aromatic heterocycles. The van der Waals surface area contributed by atoms with Crippen LogP contribution in [0.15, 0.2) is 6.33 Å². The van der Waals surface area contributed by atoms with Crippen LogP contribution in [0.1, 0.15) is 37.1 Å². The SMILES string of the molecule is Cc1ncn(CC(=O)N2CCC3(CCC(=O)N(CCN(C)C)C3)CC2)c1C. The molecule has 7 nitrogen and oxygen atoms in total. The molecule has 2 saturated heterocycles. The zero-order valence-corrected chi connectivity index (χ0v) is 17.2. The monoisotopic (exact) mass is 375 g/mol. The summed E-state index contributed by atoms with van der Waals surface area (Å²) in [6, 6.07) is 0. The minimum atomic E-state index is 0.168. The first kappa shape index (κ1) is 19.9. The quantitative estimate of drug-likeness (QED) is 0.778. The Hall–Kier alpha value is -1.89. The number of hydrogen-bond acceptors (Lipinski definition) is 4. The molecule has 0 aromatic carbocycles. The van der Waals surface area contributed by atoms with Gasteiger partial charge in [0.15, 0.2) is 0 Å². The maximum Gasteiger partial charge on any atom is 0.242 e. The van der Waals surface area contributed by atoms with Crippen molar-refractivity contribution < 1.29 is 9.59 Å². The van der Waals surface area contributed by atoms with E-state index >= 15 is 0 Å². The maximum atomic E-state index is 12.7. The number of hydrogen-bond donors (Lipinski definition) is 0. The van der Waals surface area contributed by atoms with Gasteiger partial charge in [-0.05, 0) is 52.6 Å². The predicted octanol–water partition coefficient (Wildman–Crippen LogP) is 1.29. The van der Waals surface area contributed by atoms with Crippen LogP contribution in [0, 0.1) is 19.3 Å². The highest BCUT2D eigenvalue weighted by molar-refractivity contribution is 5.77. The number of aromatic nitrogens is 2. The van der Waals surface area contributed by atoms with Crippen molar-refractivity contribution in [3.63, 3.8) is 0 Å². The summed E-state index contributed by atoms with van der Waals surface area (Å²) in [5.74, 6) is 0.452. The fourth-order valence-electron chi connectivity index (χ4n) is 4.21. The van der Waals surface area contributed by atoms with E-state index in [4.69, 9.17) is 0 Å². The first-order valence-electron chi connectivity index (χ1n) is 9.98. The van der Waals surface area contributed by atoms with Crippen molar-refractivity contribution in [3.05, 3.63) is 17.7 Å². The molecule has 2 amide bonds. The Morgan fingerprint density at radius 1 is 1.22 bits per heavy atom. The molecule has 0 N–H and O–H groups in total. The minimum Gasteiger partial charge on any atom is -0.341 e. The Labute approximate surface area is 162 Å². The van der Waals surface area contributed by atoms with Gasteiger partial charge in [-0.25, -0.2) is 4.98 Å². The third-order valence-corrected chi connectivity index (χ3v) is 6.39. The summed E-state index contributed by atoms with van der Waals surface area (Å²) >= 11 is 0. The molecule has 0 unspecified atom stereocenters. The molecule has 3 heterocycles. The van der Waals surface area contributed by atoms with Crippen LogP contribution in [-0.4, -0.2) is 82.9 Å². The Morgan fingerprint density at radius 3 is 2.52 bits per heavy atom. The average Bonchev–Trinajstić information content (AvgIpc) is 2.95. The van der Waals surface area contributed by atoms with Crippen molar-refractivity contribution in [2.24, 2.45) is 5.41 Å². The molecular formula is C20H33N5O2. The Balaban J connectivity index is 1.55. The zero-order valence-electron chi connectivity index (χ0n) is 17.2. The van der Waals surface area contributed by atoms with Crippen molar-refractivity contribution in [3.8, 4) is 0 Å². The first-order chi connectivity index (χ1) is 12.8. The van der Waals surface area contributed by atoms with E-state index in [1.165, 1.54) is 0 Å². The summed E-state index contributed by atoms with van der Waals surface area (Å²) in [6.07, 6.45) is 5.35. The third kappa shape index (κ3) is 4.51. The molecule has 27 heavy (non-hydrogen) atoms. The van der Waals surface area contributed by atoms with Crippen molar-refractivity contribution in [1.82, 2.24) is 24.3 Å². The van der Waals surface area contributed by atoms with Gasteiger partial charge in [0.05, 0.1) is 12.0 Å². The number of piperidine rings is 2. The molecule has 150 valence electrons. The summed E-state index contributed by atoms with van der Waals surface area (Å²) < 4.78 is 1.93. The van der Waals surface area contributed by atoms with Crippen LogP contribution < -0.4 is 0 Å². The van der Waals surface area contributed by atoms with E-state index < -0.39 is 0 Å². The number of carbonyl (C=O) groups excluding carboxylic acids is 2. The molecule has 2 aliphatic heterocycles. The number of nitrogens with zero attached hydrogens (tertiary/aromatic N) is 5. The van der Waals surface area contributed by atoms with E-state index in [0.29, 0.717) is 13.0 Å². The number of likely N-dealkylation sites (tertiary alicyclic amines) is 2. The number of aryl methyl sites for hydroxylation is 1. The topological polar surface area (TPSA) is 61.7 Å². The number of amides is 2. The van der Waals surface area contributed by atoms with Crippen LogP contribution in [-0.2, 0) is 16.1 Å². The van der Waals surface area contributed by atoms with Crippen LogP contribution in [0.4, 0.5) is 0 Å². The van der Waals surface area contributed by atoms with Gasteiger partial charge in [-0.1, -0.05) is 0 Å². The number of rotatable bonds is 5. The van der Waals surface area contributed by atoms with Crippen LogP contribution in [0.2, 0.25) is 0 Å². The Kier molecular flexibility index (Phi) is 5.89. The van der Waals surface area contributed by atoms with Gasteiger partial charge in [-0.2, -0.15) is 0 Å². The molecule has 0 aliphatic carbocycles. The van der Waals surface area contributed by atoms with Crippen molar-refractivity contribution >= 4 is 11.8 Å². The highest BCUT2D eigenvalue weighted by atomic mass is 16.2. The molecule has 7 heteroatoms. The lowest BCUT2D eigenvalue weighted by molar-refractivity contribution is -0.142. The lowest BCUT2D eigenvalue weighted by Gasteiger charge is -2.47. The van der Waals surface area contributed by atoms with Gasteiger partial charge >= 0.3 is 0 Å². The third-order valence-electron chi connectivity index (χ3n) is 6.39. The van der Waals surface area contributed by atoms with Gasteiger partial charge in [0.1, 0.15) is 6.54 Å². The number of carbonyl (C=O) groups is 2. The van der Waals surface area contributed by atoms with Gasteiger partial charge in [0.25, 0.3) is 0 Å². The van der Waals surface area contributed by atoms with Crippen molar-refractivity contribution in [1.29, 1.82) is 0 Å². The zero-order chi connectivity index (χ0) is 19.6. The number of likely N-dealkylation sites (N-methyl/N-ethyl adjacent to an activating group) is 1. The molecule has 0 bridgehead atoms. The minimum absolute atomic E-state index is 0.168. The molecule has 1 spiro atoms. The second-order valence-electron chi connectivity index (χ2n) is 8.54. The van der Waals surface area contributed by atoms with E-state index in [0.717, 1.165) is 63.4 Å². The van der Waals surface area contributed by atoms with Crippen LogP contribution >= 0.6 is 0 Å². The summed E-state index contributed by atoms with van der Waals surface area (Å²) in [6.45, 7) is 8.47. The molecule has 1 aromatic rings. The van der Waals surface area contributed by atoms with E-state index in [1.807, 2.05) is 42.3 Å². The number of imidazole rings is 1. The van der Waals surface area contributed by atoms with Gasteiger partial charge < -0.3 is 19.3 Å². The second-order valence-corrected chi connectivity index (χ2v) is 8.54. The summed E-state index contributed by atoms with van der Waals surface area (Å²) in [5, 5.41) is 0. The van der Waals surface area contributed by atoms with Crippen LogP contribution in [0.3, 0.4) is 0 Å². The van der Waals surface area contributed by atoms with E-state index in [1.54, 1.807) is 6.33 Å². The van der Waals surface area contributed by atoms with Crippen LogP contribution in [0.5, 0.6) is 0 Å². The molecule has 0 atom stereocenters. The molecule has 0 radical (unpaired) electrons. The molecule has 2 fully saturated rings. The second kappa shape index (κ2) is 8.00. The molecular weight excluding hydrogens is 342 g/mol. The van der Waals surface area contributed by atoms with E-state index in [2.05, 4.69) is 9.88 Å². The Morgan fingerprint density at radius 2 is 1.93 bits per heavy atom. The first-order valence-corrected chi connectivity index (χ1v) is 9.98. The van der Waals surface area contributed by atoms with Gasteiger partial charge in [-0.15, -0.1) is 0 Å². The highest BCUT2D eigenvalue weighted by Crippen LogP contribution is 2.40. The summed E-state index contributed by atoms with van der Waals surface area (Å²) in [4.78, 5) is 35.4. The van der Waals surface area contributed by atoms with Crippen LogP contribution in [0.25, 0.3) is 0 Å². The van der Waals surface area contributed by atoms with Gasteiger partial charge in [0, 0.05) is 44.8 Å². The smallest absolute Gasteiger partial charge is 0.242 e. The van der Waals surface area contributed by atoms with Crippen molar-refractivity contribution in [2.45, 2.75) is 46.1 Å². The summed E-state index contributed by atoms with van der Waals surface area (Å²) in [7, 11) is 4.08. The van der Waals surface area contributed by atoms with E-state index in [-0.39, 0.29) is 17.2 Å². The molecule has 0 saturated carbocycles. The lowest BCUT2D eigenvalue weighted by Crippen LogP contribution is -2.53. The Bertz CT molecular complexity index is 689. The molecule has 2 aliphatic rings. The highest BCUT2D eigenvalue weighted by Gasteiger charge is 2.41. The average molecular weight is 376 g/mol. The maximum absolute atomic E-state index is 12.7. The van der Waals surface area contributed by atoms with Gasteiger partial charge in [0.2, 0.25) is 11.8 Å². The molecule has 3 rings (SSSR count). The fraction of sp³-hybridized carbons (Fsp3) is 0.750. The lowest BCUT2D eigenvalue weighted by atomic mass is 9.72. The largest absolute Gasteiger partial charge is 0.341 e. The van der Waals surface area contributed by atoms with E-state index in [9.17, 15) is 9.59 Å². The van der Waals surface area contributed by atoms with Gasteiger partial charge in [-0.3, -0.25) is 9.59 Å². The van der Waals surface area contributed by atoms with Crippen molar-refractivity contribution in [2.75, 3.05) is 46.8 Å².